The van der Waals surface area contributed by atoms with Crippen molar-refractivity contribution in [2.24, 2.45) is 5.41 Å². The summed E-state index contributed by atoms with van der Waals surface area (Å²) in [6.45, 7) is 5.45. The third-order valence-corrected chi connectivity index (χ3v) is 4.33. The van der Waals surface area contributed by atoms with Crippen LogP contribution in [0.1, 0.15) is 25.3 Å². The van der Waals surface area contributed by atoms with Gasteiger partial charge in [-0.1, -0.05) is 30.7 Å². The lowest BCUT2D eigenvalue weighted by Gasteiger charge is -2.21. The number of methoxy groups -OCH3 is 2. The Morgan fingerprint density at radius 2 is 1.63 bits per heavy atom. The molecule has 0 radical (unpaired) electrons. The average Bonchev–Trinajstić information content (AvgIpc) is 3.04. The Kier molecular flexibility index (Phi) is 6.19. The average molecular weight is 368 g/mol. The van der Waals surface area contributed by atoms with Crippen LogP contribution in [0.25, 0.3) is 0 Å². The molecule has 0 N–H and O–H groups in total. The summed E-state index contributed by atoms with van der Waals surface area (Å²) < 4.78 is 14.8. The second-order valence-electron chi connectivity index (χ2n) is 6.06. The molecule has 6 nitrogen and oxygen atoms in total. The Morgan fingerprint density at radius 1 is 1.04 bits per heavy atom. The smallest absolute Gasteiger partial charge is 0.389 e. The summed E-state index contributed by atoms with van der Waals surface area (Å²) in [6, 6.07) is 9.00. The fraction of sp³-hybridized carbons (Fsp3) is 0.286. The summed E-state index contributed by atoms with van der Waals surface area (Å²) in [4.78, 5) is 36.4. The largest absolute Gasteiger partial charge is 0.468 e. The second-order valence-corrected chi connectivity index (χ2v) is 6.06. The number of rotatable bonds is 3. The van der Waals surface area contributed by atoms with E-state index in [1.54, 1.807) is 19.1 Å². The molecule has 1 aliphatic rings. The van der Waals surface area contributed by atoms with Crippen molar-refractivity contribution in [3.05, 3.63) is 59.4 Å². The van der Waals surface area contributed by atoms with Gasteiger partial charge in [0, 0.05) is 17.9 Å². The van der Waals surface area contributed by atoms with Gasteiger partial charge in [-0.05, 0) is 36.6 Å². The molecular formula is C21H20O6. The Hall–Kier alpha value is -3.33. The first-order valence-corrected chi connectivity index (χ1v) is 8.17. The summed E-state index contributed by atoms with van der Waals surface area (Å²) in [5, 5.41) is 0. The number of carbonyl (C=O) groups is 3. The zero-order valence-corrected chi connectivity index (χ0v) is 15.5. The number of carbonyl (C=O) groups excluding carboxylic acids is 3. The minimum atomic E-state index is -1.51. The lowest BCUT2D eigenvalue weighted by Crippen LogP contribution is -2.38. The van der Waals surface area contributed by atoms with Crippen LogP contribution in [0.15, 0.2) is 53.8 Å². The van der Waals surface area contributed by atoms with Gasteiger partial charge in [-0.2, -0.15) is 0 Å². The highest BCUT2D eigenvalue weighted by molar-refractivity contribution is 6.02. The van der Waals surface area contributed by atoms with Gasteiger partial charge in [-0.15, -0.1) is 0 Å². The van der Waals surface area contributed by atoms with Gasteiger partial charge in [0.05, 0.1) is 14.2 Å². The molecule has 1 fully saturated rings. The van der Waals surface area contributed by atoms with Crippen molar-refractivity contribution in [3.8, 4) is 11.8 Å². The van der Waals surface area contributed by atoms with Crippen LogP contribution in [0.2, 0.25) is 0 Å². The molecule has 2 rings (SSSR count). The Morgan fingerprint density at radius 3 is 2.19 bits per heavy atom. The Balaban J connectivity index is 2.22. The summed E-state index contributed by atoms with van der Waals surface area (Å²) in [6.07, 6.45) is 0.0165. The predicted octanol–water partition coefficient (Wildman–Crippen LogP) is 2.54. The molecule has 1 saturated carbocycles. The maximum atomic E-state index is 12.2. The summed E-state index contributed by atoms with van der Waals surface area (Å²) in [7, 11) is 2.40. The van der Waals surface area contributed by atoms with Crippen molar-refractivity contribution in [1.29, 1.82) is 0 Å². The van der Waals surface area contributed by atoms with Gasteiger partial charge in [0.2, 0.25) is 0 Å². The Labute approximate surface area is 157 Å². The zero-order valence-electron chi connectivity index (χ0n) is 15.5. The molecule has 1 aromatic rings. The molecule has 0 atom stereocenters. The predicted molar refractivity (Wildman–Crippen MR) is 97.0 cm³/mol. The van der Waals surface area contributed by atoms with E-state index in [0.29, 0.717) is 16.7 Å². The fourth-order valence-electron chi connectivity index (χ4n) is 2.97. The zero-order chi connectivity index (χ0) is 20.0. The van der Waals surface area contributed by atoms with E-state index < -0.39 is 23.3 Å². The highest BCUT2D eigenvalue weighted by Crippen LogP contribution is 2.47. The summed E-state index contributed by atoms with van der Waals surface area (Å²) >= 11 is 0. The highest BCUT2D eigenvalue weighted by Gasteiger charge is 2.54. The normalized spacial score (nSPS) is 16.6. The van der Waals surface area contributed by atoms with Crippen molar-refractivity contribution in [1.82, 2.24) is 0 Å². The molecule has 27 heavy (non-hydrogen) atoms. The Bertz CT molecular complexity index is 851. The molecule has 0 aromatic heterocycles. The van der Waals surface area contributed by atoms with E-state index >= 15 is 0 Å². The van der Waals surface area contributed by atoms with Gasteiger partial charge in [0.15, 0.2) is 5.41 Å². The van der Waals surface area contributed by atoms with E-state index in [9.17, 15) is 14.4 Å². The minimum absolute atomic E-state index is 0.0175. The first kappa shape index (κ1) is 20.0. The van der Waals surface area contributed by atoms with Gasteiger partial charge in [0.25, 0.3) is 0 Å². The standard InChI is InChI=1S/C21H20O6/c1-14-12-21(19(23)25-3,20(24)26-4)13-17(14)15(2)27-18(22)11-10-16-8-6-5-7-9-16/h5-9H,1,12-13H2,2-4H3/b17-15+. The van der Waals surface area contributed by atoms with Crippen LogP contribution in [-0.4, -0.2) is 32.1 Å². The van der Waals surface area contributed by atoms with E-state index in [0.717, 1.165) is 0 Å². The molecule has 1 aromatic carbocycles. The molecular weight excluding hydrogens is 348 g/mol. The van der Waals surface area contributed by atoms with E-state index in [1.807, 2.05) is 18.2 Å². The first-order chi connectivity index (χ1) is 12.8. The maximum absolute atomic E-state index is 12.2. The third kappa shape index (κ3) is 4.26. The summed E-state index contributed by atoms with van der Waals surface area (Å²) in [5.41, 5.74) is 0.174. The van der Waals surface area contributed by atoms with Gasteiger partial charge in [-0.25, -0.2) is 4.79 Å². The topological polar surface area (TPSA) is 78.9 Å². The summed E-state index contributed by atoms with van der Waals surface area (Å²) in [5.74, 6) is 3.17. The highest BCUT2D eigenvalue weighted by atomic mass is 16.5. The van der Waals surface area contributed by atoms with Crippen LogP contribution in [0.3, 0.4) is 0 Å². The number of ether oxygens (including phenoxy) is 3. The van der Waals surface area contributed by atoms with Crippen LogP contribution in [-0.2, 0) is 28.6 Å². The second kappa shape index (κ2) is 8.37. The van der Waals surface area contributed by atoms with E-state index in [2.05, 4.69) is 18.4 Å². The SMILES string of the molecule is C=C1CC(C(=O)OC)(C(=O)OC)C/C1=C(/C)OC(=O)C#Cc1ccccc1. The van der Waals surface area contributed by atoms with Crippen LogP contribution >= 0.6 is 0 Å². The number of benzene rings is 1. The van der Waals surface area contributed by atoms with Crippen molar-refractivity contribution in [3.63, 3.8) is 0 Å². The number of esters is 3. The maximum Gasteiger partial charge on any atom is 0.389 e. The molecule has 0 saturated heterocycles. The van der Waals surface area contributed by atoms with Crippen molar-refractivity contribution < 1.29 is 28.6 Å². The quantitative estimate of drug-likeness (QED) is 0.268. The number of hydrogen-bond donors (Lipinski definition) is 0. The van der Waals surface area contributed by atoms with Crippen LogP contribution in [0, 0.1) is 17.3 Å². The molecule has 0 amide bonds. The van der Waals surface area contributed by atoms with E-state index in [1.165, 1.54) is 14.2 Å². The van der Waals surface area contributed by atoms with E-state index in [4.69, 9.17) is 14.2 Å². The van der Waals surface area contributed by atoms with Crippen LogP contribution in [0.4, 0.5) is 0 Å². The van der Waals surface area contributed by atoms with E-state index in [-0.39, 0.29) is 18.6 Å². The third-order valence-electron chi connectivity index (χ3n) is 4.33. The van der Waals surface area contributed by atoms with Crippen molar-refractivity contribution >= 4 is 17.9 Å². The van der Waals surface area contributed by atoms with Crippen LogP contribution < -0.4 is 0 Å². The van der Waals surface area contributed by atoms with Gasteiger partial charge >= 0.3 is 17.9 Å². The molecule has 6 heteroatoms. The molecule has 0 aliphatic heterocycles. The lowest BCUT2D eigenvalue weighted by atomic mass is 9.85. The molecule has 1 aliphatic carbocycles. The minimum Gasteiger partial charge on any atom is -0.468 e. The molecule has 0 heterocycles. The fourth-order valence-corrected chi connectivity index (χ4v) is 2.97. The molecule has 0 spiro atoms. The van der Waals surface area contributed by atoms with Gasteiger partial charge < -0.3 is 14.2 Å². The van der Waals surface area contributed by atoms with Gasteiger partial charge in [0.1, 0.15) is 5.76 Å². The number of allylic oxidation sites excluding steroid dienone is 3. The monoisotopic (exact) mass is 368 g/mol. The van der Waals surface area contributed by atoms with Crippen molar-refractivity contribution in [2.45, 2.75) is 19.8 Å². The molecule has 0 bridgehead atoms. The molecule has 0 unspecified atom stereocenters. The lowest BCUT2D eigenvalue weighted by molar-refractivity contribution is -0.168. The van der Waals surface area contributed by atoms with Crippen molar-refractivity contribution in [2.75, 3.05) is 14.2 Å². The van der Waals surface area contributed by atoms with Gasteiger partial charge in [-0.3, -0.25) is 9.59 Å². The first-order valence-electron chi connectivity index (χ1n) is 8.17. The van der Waals surface area contributed by atoms with Crippen LogP contribution in [0.5, 0.6) is 0 Å². The molecule has 140 valence electrons. The number of hydrogen-bond acceptors (Lipinski definition) is 6.